The van der Waals surface area contributed by atoms with Crippen LogP contribution in [0.5, 0.6) is 5.75 Å². The molecule has 1 heterocycles. The van der Waals surface area contributed by atoms with Gasteiger partial charge in [0.15, 0.2) is 5.17 Å². The van der Waals surface area contributed by atoms with Gasteiger partial charge in [0.1, 0.15) is 5.75 Å². The first-order chi connectivity index (χ1) is 12.9. The summed E-state index contributed by atoms with van der Waals surface area (Å²) in [4.78, 5) is 30.2. The number of hydrogen-bond acceptors (Lipinski definition) is 5. The molecule has 2 aromatic rings. The van der Waals surface area contributed by atoms with Crippen LogP contribution in [0.15, 0.2) is 56.8 Å². The molecular weight excluding hydrogens is 432 g/mol. The number of rotatable bonds is 4. The van der Waals surface area contributed by atoms with Crippen molar-refractivity contribution in [3.05, 3.63) is 63.0 Å². The van der Waals surface area contributed by atoms with Crippen molar-refractivity contribution in [1.82, 2.24) is 4.90 Å². The van der Waals surface area contributed by atoms with E-state index in [1.807, 2.05) is 6.92 Å². The van der Waals surface area contributed by atoms with Crippen molar-refractivity contribution in [2.24, 2.45) is 4.99 Å². The minimum atomic E-state index is -1.04. The Labute approximate surface area is 168 Å². The van der Waals surface area contributed by atoms with Gasteiger partial charge in [-0.05, 0) is 61.2 Å². The van der Waals surface area contributed by atoms with Crippen LogP contribution in [-0.2, 0) is 4.79 Å². The van der Waals surface area contributed by atoms with Gasteiger partial charge in [0.2, 0.25) is 0 Å². The van der Waals surface area contributed by atoms with Gasteiger partial charge in [0.05, 0.1) is 16.2 Å². The third-order valence-corrected chi connectivity index (χ3v) is 5.30. The Kier molecular flexibility index (Phi) is 5.67. The van der Waals surface area contributed by atoms with Crippen molar-refractivity contribution in [3.63, 3.8) is 0 Å². The predicted octanol–water partition coefficient (Wildman–Crippen LogP) is 4.48. The van der Waals surface area contributed by atoms with E-state index < -0.39 is 5.97 Å². The van der Waals surface area contributed by atoms with E-state index in [-0.39, 0.29) is 17.2 Å². The summed E-state index contributed by atoms with van der Waals surface area (Å²) < 4.78 is 0.786. The van der Waals surface area contributed by atoms with E-state index in [0.717, 1.165) is 4.47 Å². The molecule has 0 bridgehead atoms. The molecule has 0 atom stereocenters. The highest BCUT2D eigenvalue weighted by molar-refractivity contribution is 9.10. The number of carboxylic acid groups (broad SMARTS) is 1. The summed E-state index contributed by atoms with van der Waals surface area (Å²) in [6, 6.07) is 11.2. The van der Waals surface area contributed by atoms with Gasteiger partial charge in [-0.3, -0.25) is 9.69 Å². The number of halogens is 1. The average Bonchev–Trinajstić information content (AvgIpc) is 2.93. The molecule has 138 valence electrons. The summed E-state index contributed by atoms with van der Waals surface area (Å²) in [5.74, 6) is -1.18. The molecule has 1 aliphatic rings. The zero-order valence-electron chi connectivity index (χ0n) is 14.2. The van der Waals surface area contributed by atoms with E-state index in [4.69, 9.17) is 5.11 Å². The average molecular weight is 447 g/mol. The number of amides is 1. The molecule has 1 amide bonds. The number of aromatic carboxylic acids is 1. The summed E-state index contributed by atoms with van der Waals surface area (Å²) in [6.07, 6.45) is 1.62. The number of hydrogen-bond donors (Lipinski definition) is 2. The molecule has 2 aromatic carbocycles. The maximum absolute atomic E-state index is 12.7. The fraction of sp³-hybridized carbons (Fsp3) is 0.105. The number of benzene rings is 2. The van der Waals surface area contributed by atoms with Crippen molar-refractivity contribution in [1.29, 1.82) is 0 Å². The lowest BCUT2D eigenvalue weighted by molar-refractivity contribution is -0.122. The highest BCUT2D eigenvalue weighted by Gasteiger charge is 2.32. The van der Waals surface area contributed by atoms with E-state index in [1.165, 1.54) is 28.8 Å². The molecule has 6 nitrogen and oxygen atoms in total. The number of carboxylic acids is 1. The SMILES string of the molecule is CCN1C(=O)/C(=C\c2cc(Br)ccc2O)SC1=Nc1cccc(C(=O)O)c1. The standard InChI is InChI=1S/C19H15BrN2O4S/c1-2-22-17(24)16(10-12-8-13(20)6-7-15(12)23)27-19(22)21-14-5-3-4-11(9-14)18(25)26/h3-10,23H,2H2,1H3,(H,25,26)/b16-10+,21-19?. The van der Waals surface area contributed by atoms with Crippen molar-refractivity contribution in [2.75, 3.05) is 6.54 Å². The Morgan fingerprint density at radius 1 is 1.30 bits per heavy atom. The van der Waals surface area contributed by atoms with E-state index in [2.05, 4.69) is 20.9 Å². The molecular formula is C19H15BrN2O4S. The van der Waals surface area contributed by atoms with Crippen LogP contribution in [0.2, 0.25) is 0 Å². The Morgan fingerprint density at radius 2 is 2.07 bits per heavy atom. The fourth-order valence-electron chi connectivity index (χ4n) is 2.47. The number of carbonyl (C=O) groups excluding carboxylic acids is 1. The van der Waals surface area contributed by atoms with Crippen LogP contribution in [0.4, 0.5) is 5.69 Å². The topological polar surface area (TPSA) is 90.2 Å². The van der Waals surface area contributed by atoms with E-state index >= 15 is 0 Å². The quantitative estimate of drug-likeness (QED) is 0.675. The molecule has 2 N–H and O–H groups in total. The number of aliphatic imine (C=N–C) groups is 1. The van der Waals surface area contributed by atoms with Crippen LogP contribution >= 0.6 is 27.7 Å². The molecule has 0 saturated carbocycles. The van der Waals surface area contributed by atoms with Gasteiger partial charge in [-0.25, -0.2) is 9.79 Å². The summed E-state index contributed by atoms with van der Waals surface area (Å²) in [5.41, 5.74) is 1.10. The first-order valence-corrected chi connectivity index (χ1v) is 9.62. The lowest BCUT2D eigenvalue weighted by atomic mass is 10.2. The molecule has 8 heteroatoms. The first kappa shape index (κ1) is 19.2. The fourth-order valence-corrected chi connectivity index (χ4v) is 3.90. The number of phenolic OH excluding ortho intramolecular Hbond substituents is 1. The number of aromatic hydroxyl groups is 1. The minimum Gasteiger partial charge on any atom is -0.507 e. The Bertz CT molecular complexity index is 987. The van der Waals surface area contributed by atoms with Crippen molar-refractivity contribution in [2.45, 2.75) is 6.92 Å². The van der Waals surface area contributed by atoms with Gasteiger partial charge in [-0.1, -0.05) is 22.0 Å². The third-order valence-electron chi connectivity index (χ3n) is 3.80. The summed E-state index contributed by atoms with van der Waals surface area (Å²) >= 11 is 4.53. The second-order valence-corrected chi connectivity index (χ2v) is 7.54. The second kappa shape index (κ2) is 7.98. The van der Waals surface area contributed by atoms with Crippen LogP contribution in [0.25, 0.3) is 6.08 Å². The largest absolute Gasteiger partial charge is 0.507 e. The smallest absolute Gasteiger partial charge is 0.335 e. The van der Waals surface area contributed by atoms with Crippen LogP contribution < -0.4 is 0 Å². The number of phenols is 1. The van der Waals surface area contributed by atoms with Crippen LogP contribution in [0.3, 0.4) is 0 Å². The monoisotopic (exact) mass is 446 g/mol. The number of thioether (sulfide) groups is 1. The van der Waals surface area contributed by atoms with Crippen LogP contribution in [0.1, 0.15) is 22.8 Å². The molecule has 0 aliphatic carbocycles. The first-order valence-electron chi connectivity index (χ1n) is 8.01. The van der Waals surface area contributed by atoms with Crippen LogP contribution in [-0.4, -0.2) is 38.7 Å². The van der Waals surface area contributed by atoms with Gasteiger partial charge in [0, 0.05) is 16.6 Å². The molecule has 27 heavy (non-hydrogen) atoms. The number of likely N-dealkylation sites (N-methyl/N-ethyl adjacent to an activating group) is 1. The summed E-state index contributed by atoms with van der Waals surface area (Å²) in [7, 11) is 0. The Hall–Kier alpha value is -2.58. The highest BCUT2D eigenvalue weighted by Crippen LogP contribution is 2.35. The minimum absolute atomic E-state index is 0.0710. The number of carbonyl (C=O) groups is 2. The number of amidine groups is 1. The maximum atomic E-state index is 12.7. The Morgan fingerprint density at radius 3 is 2.78 bits per heavy atom. The third kappa shape index (κ3) is 4.23. The maximum Gasteiger partial charge on any atom is 0.335 e. The van der Waals surface area contributed by atoms with Gasteiger partial charge in [-0.2, -0.15) is 0 Å². The predicted molar refractivity (Wildman–Crippen MR) is 109 cm³/mol. The van der Waals surface area contributed by atoms with Crippen molar-refractivity contribution >= 4 is 56.5 Å². The second-order valence-electron chi connectivity index (χ2n) is 5.61. The molecule has 0 unspecified atom stereocenters. The Balaban J connectivity index is 1.97. The molecule has 0 aromatic heterocycles. The van der Waals surface area contributed by atoms with Gasteiger partial charge >= 0.3 is 5.97 Å². The van der Waals surface area contributed by atoms with Crippen LogP contribution in [0, 0.1) is 0 Å². The zero-order valence-corrected chi connectivity index (χ0v) is 16.6. The molecule has 0 radical (unpaired) electrons. The molecule has 1 fully saturated rings. The lowest BCUT2D eigenvalue weighted by Crippen LogP contribution is -2.28. The van der Waals surface area contributed by atoms with Gasteiger partial charge in [0.25, 0.3) is 5.91 Å². The van der Waals surface area contributed by atoms with Crippen molar-refractivity contribution < 1.29 is 19.8 Å². The summed E-state index contributed by atoms with van der Waals surface area (Å²) in [6.45, 7) is 2.26. The molecule has 3 rings (SSSR count). The molecule has 0 spiro atoms. The molecule has 1 aliphatic heterocycles. The van der Waals surface area contributed by atoms with E-state index in [1.54, 1.807) is 36.4 Å². The normalized spacial score (nSPS) is 17.1. The highest BCUT2D eigenvalue weighted by atomic mass is 79.9. The summed E-state index contributed by atoms with van der Waals surface area (Å²) in [5, 5.41) is 19.6. The van der Waals surface area contributed by atoms with E-state index in [0.29, 0.717) is 27.9 Å². The van der Waals surface area contributed by atoms with Gasteiger partial charge < -0.3 is 10.2 Å². The zero-order chi connectivity index (χ0) is 19.6. The molecule has 1 saturated heterocycles. The van der Waals surface area contributed by atoms with E-state index in [9.17, 15) is 14.7 Å². The van der Waals surface area contributed by atoms with Crippen molar-refractivity contribution in [3.8, 4) is 5.75 Å². The lowest BCUT2D eigenvalue weighted by Gasteiger charge is -2.12. The van der Waals surface area contributed by atoms with Gasteiger partial charge in [-0.15, -0.1) is 0 Å². The number of nitrogens with zero attached hydrogens (tertiary/aromatic N) is 2.